The molecule has 2 atom stereocenters. The standard InChI is InChI=1S/C19H25N3O2S.CH2/c1-23-15-5-6-17(24-2)16(10-15)18-11-20-19(25-18)22-9-8-21-7-3-4-14(12-21)13-22;/h5-6,10-11,14H,3-4,7-9,12-13H2,1-2H3;1H2. The Morgan fingerprint density at radius 2 is 2.00 bits per heavy atom. The molecular formula is C20H27N3O2S. The topological polar surface area (TPSA) is 37.8 Å². The number of piperidine rings is 1. The molecule has 2 fully saturated rings. The molecule has 3 heterocycles. The van der Waals surface area contributed by atoms with Gasteiger partial charge in [0.2, 0.25) is 0 Å². The van der Waals surface area contributed by atoms with Gasteiger partial charge >= 0.3 is 0 Å². The molecule has 1 aromatic carbocycles. The molecule has 0 saturated carbocycles. The van der Waals surface area contributed by atoms with Crippen molar-refractivity contribution in [3.05, 3.63) is 31.8 Å². The van der Waals surface area contributed by atoms with E-state index in [0.717, 1.165) is 52.6 Å². The Hall–Kier alpha value is -1.79. The molecule has 0 spiro atoms. The van der Waals surface area contributed by atoms with E-state index in [2.05, 4.69) is 9.80 Å². The Balaban J connectivity index is 0.00000196. The van der Waals surface area contributed by atoms with Crippen molar-refractivity contribution in [1.82, 2.24) is 9.88 Å². The van der Waals surface area contributed by atoms with E-state index in [-0.39, 0.29) is 7.43 Å². The van der Waals surface area contributed by atoms with Crippen molar-refractivity contribution in [2.45, 2.75) is 12.8 Å². The van der Waals surface area contributed by atoms with Crippen LogP contribution in [0.2, 0.25) is 0 Å². The van der Waals surface area contributed by atoms with E-state index in [4.69, 9.17) is 14.5 Å². The fourth-order valence-corrected chi connectivity index (χ4v) is 4.86. The molecule has 2 radical (unpaired) electrons. The predicted octanol–water partition coefficient (Wildman–Crippen LogP) is 3.69. The van der Waals surface area contributed by atoms with E-state index in [1.54, 1.807) is 25.6 Å². The van der Waals surface area contributed by atoms with Gasteiger partial charge in [0, 0.05) is 37.9 Å². The predicted molar refractivity (Wildman–Crippen MR) is 107 cm³/mol. The van der Waals surface area contributed by atoms with Gasteiger partial charge in [0.15, 0.2) is 5.13 Å². The first-order valence-electron chi connectivity index (χ1n) is 8.92. The van der Waals surface area contributed by atoms with Crippen LogP contribution in [0, 0.1) is 13.3 Å². The Labute approximate surface area is 160 Å². The molecule has 4 rings (SSSR count). The zero-order valence-corrected chi connectivity index (χ0v) is 16.4. The van der Waals surface area contributed by atoms with Gasteiger partial charge in [0.1, 0.15) is 11.5 Å². The Morgan fingerprint density at radius 3 is 2.81 bits per heavy atom. The summed E-state index contributed by atoms with van der Waals surface area (Å²) >= 11 is 1.75. The van der Waals surface area contributed by atoms with Crippen LogP contribution in [0.4, 0.5) is 5.13 Å². The number of aromatic nitrogens is 1. The average Bonchev–Trinajstić information content (AvgIpc) is 3.09. The third kappa shape index (κ3) is 3.81. The molecule has 140 valence electrons. The van der Waals surface area contributed by atoms with Crippen LogP contribution < -0.4 is 14.4 Å². The molecule has 6 heteroatoms. The van der Waals surface area contributed by atoms with Crippen LogP contribution in [0.25, 0.3) is 10.4 Å². The smallest absolute Gasteiger partial charge is 0.185 e. The number of thiazole rings is 1. The molecule has 2 unspecified atom stereocenters. The maximum absolute atomic E-state index is 5.53. The summed E-state index contributed by atoms with van der Waals surface area (Å²) in [5.41, 5.74) is 1.04. The van der Waals surface area contributed by atoms with Gasteiger partial charge in [0.25, 0.3) is 0 Å². The summed E-state index contributed by atoms with van der Waals surface area (Å²) in [6.45, 7) is 5.85. The van der Waals surface area contributed by atoms with Crippen molar-refractivity contribution in [3.63, 3.8) is 0 Å². The minimum Gasteiger partial charge on any atom is -0.497 e. The zero-order chi connectivity index (χ0) is 17.2. The number of nitrogens with zero attached hydrogens (tertiary/aromatic N) is 3. The van der Waals surface area contributed by atoms with E-state index in [9.17, 15) is 0 Å². The largest absolute Gasteiger partial charge is 0.497 e. The highest BCUT2D eigenvalue weighted by Gasteiger charge is 2.27. The quantitative estimate of drug-likeness (QED) is 0.817. The number of hydrogen-bond donors (Lipinski definition) is 0. The highest BCUT2D eigenvalue weighted by Crippen LogP contribution is 2.39. The third-order valence-corrected chi connectivity index (χ3v) is 6.30. The van der Waals surface area contributed by atoms with Crippen molar-refractivity contribution in [3.8, 4) is 21.9 Å². The minimum absolute atomic E-state index is 0. The second-order valence-corrected chi connectivity index (χ2v) is 7.84. The Morgan fingerprint density at radius 1 is 1.12 bits per heavy atom. The summed E-state index contributed by atoms with van der Waals surface area (Å²) in [5, 5.41) is 1.12. The van der Waals surface area contributed by atoms with Crippen molar-refractivity contribution in [1.29, 1.82) is 0 Å². The molecule has 2 aliphatic heterocycles. The number of methoxy groups -OCH3 is 2. The molecule has 5 nitrogen and oxygen atoms in total. The van der Waals surface area contributed by atoms with Crippen molar-refractivity contribution < 1.29 is 9.47 Å². The Bertz CT molecular complexity index is 734. The normalized spacial score (nSPS) is 22.3. The van der Waals surface area contributed by atoms with Crippen LogP contribution in [0.1, 0.15) is 12.8 Å². The fraction of sp³-hybridized carbons (Fsp3) is 0.500. The Kier molecular flexibility index (Phi) is 6.04. The number of rotatable bonds is 4. The van der Waals surface area contributed by atoms with Crippen molar-refractivity contribution in [2.75, 3.05) is 51.8 Å². The van der Waals surface area contributed by atoms with E-state index in [1.165, 1.54) is 25.9 Å². The molecular weight excluding hydrogens is 346 g/mol. The van der Waals surface area contributed by atoms with Gasteiger partial charge < -0.3 is 19.3 Å². The van der Waals surface area contributed by atoms with Crippen molar-refractivity contribution >= 4 is 16.5 Å². The van der Waals surface area contributed by atoms with Crippen LogP contribution in [-0.4, -0.2) is 56.8 Å². The second kappa shape index (κ2) is 8.27. The maximum atomic E-state index is 5.53. The van der Waals surface area contributed by atoms with Gasteiger partial charge in [-0.05, 0) is 43.5 Å². The molecule has 26 heavy (non-hydrogen) atoms. The van der Waals surface area contributed by atoms with Crippen molar-refractivity contribution in [2.24, 2.45) is 5.92 Å². The first-order valence-corrected chi connectivity index (χ1v) is 9.74. The lowest BCUT2D eigenvalue weighted by Gasteiger charge is -2.29. The molecule has 2 aromatic rings. The SMILES string of the molecule is COc1ccc(OC)c(-c2cnc(N3CCN4CCCC(C4)C3)s2)c1.[CH2]. The van der Waals surface area contributed by atoms with Crippen LogP contribution in [-0.2, 0) is 0 Å². The summed E-state index contributed by atoms with van der Waals surface area (Å²) in [7, 11) is 3.39. The lowest BCUT2D eigenvalue weighted by molar-refractivity contribution is 0.201. The number of hydrogen-bond acceptors (Lipinski definition) is 6. The highest BCUT2D eigenvalue weighted by atomic mass is 32.1. The van der Waals surface area contributed by atoms with Crippen LogP contribution in [0.15, 0.2) is 24.4 Å². The molecule has 2 bridgehead atoms. The van der Waals surface area contributed by atoms with Gasteiger partial charge in [-0.15, -0.1) is 0 Å². The van der Waals surface area contributed by atoms with Gasteiger partial charge in [0.05, 0.1) is 19.1 Å². The van der Waals surface area contributed by atoms with Crippen LogP contribution >= 0.6 is 11.3 Å². The number of anilines is 1. The zero-order valence-electron chi connectivity index (χ0n) is 15.6. The number of ether oxygens (including phenoxy) is 2. The lowest BCUT2D eigenvalue weighted by Crippen LogP contribution is -2.35. The fourth-order valence-electron chi connectivity index (χ4n) is 3.88. The molecule has 2 saturated heterocycles. The summed E-state index contributed by atoms with van der Waals surface area (Å²) in [4.78, 5) is 10.9. The first kappa shape index (κ1) is 19.0. The van der Waals surface area contributed by atoms with E-state index >= 15 is 0 Å². The monoisotopic (exact) mass is 373 g/mol. The highest BCUT2D eigenvalue weighted by molar-refractivity contribution is 7.19. The average molecular weight is 374 g/mol. The van der Waals surface area contributed by atoms with Gasteiger partial charge in [-0.2, -0.15) is 0 Å². The first-order chi connectivity index (χ1) is 12.3. The van der Waals surface area contributed by atoms with E-state index in [0.29, 0.717) is 0 Å². The van der Waals surface area contributed by atoms with Crippen LogP contribution in [0.3, 0.4) is 0 Å². The minimum atomic E-state index is 0. The summed E-state index contributed by atoms with van der Waals surface area (Å²) < 4.78 is 10.9. The summed E-state index contributed by atoms with van der Waals surface area (Å²) in [5.74, 6) is 2.46. The second-order valence-electron chi connectivity index (χ2n) is 6.83. The molecule has 1 aromatic heterocycles. The lowest BCUT2D eigenvalue weighted by atomic mass is 9.99. The summed E-state index contributed by atoms with van der Waals surface area (Å²) in [6.07, 6.45) is 4.65. The molecule has 2 aliphatic rings. The molecule has 0 aliphatic carbocycles. The van der Waals surface area contributed by atoms with Crippen LogP contribution in [0.5, 0.6) is 11.5 Å². The maximum Gasteiger partial charge on any atom is 0.185 e. The number of fused-ring (bicyclic) bond motifs is 2. The molecule has 0 N–H and O–H groups in total. The molecule has 0 amide bonds. The van der Waals surface area contributed by atoms with Gasteiger partial charge in [-0.3, -0.25) is 0 Å². The van der Waals surface area contributed by atoms with E-state index < -0.39 is 0 Å². The van der Waals surface area contributed by atoms with E-state index in [1.807, 2.05) is 24.4 Å². The number of benzene rings is 1. The van der Waals surface area contributed by atoms with Gasteiger partial charge in [-0.1, -0.05) is 18.8 Å². The van der Waals surface area contributed by atoms with Gasteiger partial charge in [-0.25, -0.2) is 4.98 Å². The summed E-state index contributed by atoms with van der Waals surface area (Å²) in [6, 6.07) is 5.90. The third-order valence-electron chi connectivity index (χ3n) is 5.20.